The van der Waals surface area contributed by atoms with Gasteiger partial charge in [0.25, 0.3) is 0 Å². The van der Waals surface area contributed by atoms with Crippen molar-refractivity contribution in [3.8, 4) is 0 Å². The predicted octanol–water partition coefficient (Wildman–Crippen LogP) is 0.670. The second-order valence-corrected chi connectivity index (χ2v) is 1.35. The lowest BCUT2D eigenvalue weighted by Gasteiger charge is -1.79. The predicted molar refractivity (Wildman–Crippen MR) is 29.4 cm³/mol. The van der Waals surface area contributed by atoms with Crippen LogP contribution in [-0.2, 0) is 14.0 Å². The largest absolute Gasteiger partial charge is 0.481 e. The maximum atomic E-state index is 9.74. The van der Waals surface area contributed by atoms with E-state index in [0.29, 0.717) is 0 Å². The molecular formula is C3H4NO4P. The smallest absolute Gasteiger partial charge is 0.419 e. The molecule has 0 aromatic rings. The van der Waals surface area contributed by atoms with Crippen LogP contribution in [0.3, 0.4) is 0 Å². The summed E-state index contributed by atoms with van der Waals surface area (Å²) in [5.74, 6) is -1.01. The highest BCUT2D eigenvalue weighted by atomic mass is 31.1. The molecule has 1 N–H and O–H groups in total. The summed E-state index contributed by atoms with van der Waals surface area (Å²) in [6, 6.07) is 0. The molecule has 0 aromatic heterocycles. The van der Waals surface area contributed by atoms with Crippen molar-refractivity contribution in [2.24, 2.45) is 5.16 Å². The van der Waals surface area contributed by atoms with Crippen LogP contribution in [-0.4, -0.2) is 17.3 Å². The first-order chi connectivity index (χ1) is 4.27. The Morgan fingerprint density at radius 2 is 2.56 bits per heavy atom. The highest BCUT2D eigenvalue weighted by molar-refractivity contribution is 7.17. The number of oxime groups is 1. The lowest BCUT2D eigenvalue weighted by Crippen LogP contribution is -1.93. The average molecular weight is 149 g/mol. The molecule has 0 heterocycles. The molecule has 0 rings (SSSR count). The molecule has 0 spiro atoms. The van der Waals surface area contributed by atoms with Crippen LogP contribution in [0.4, 0.5) is 0 Å². The Bertz CT molecular complexity index is 134. The fourth-order valence-corrected chi connectivity index (χ4v) is 0.273. The van der Waals surface area contributed by atoms with Crippen LogP contribution in [0.25, 0.3) is 0 Å². The molecule has 5 nitrogen and oxygen atoms in total. The van der Waals surface area contributed by atoms with E-state index in [0.717, 1.165) is 6.21 Å². The van der Waals surface area contributed by atoms with Gasteiger partial charge < -0.3 is 5.11 Å². The minimum Gasteiger partial charge on any atom is -0.481 e. The first-order valence-electron chi connectivity index (χ1n) is 2.00. The van der Waals surface area contributed by atoms with E-state index < -0.39 is 14.7 Å². The molecule has 6 heteroatoms. The van der Waals surface area contributed by atoms with E-state index in [1.807, 2.05) is 0 Å². The molecule has 0 aliphatic rings. The van der Waals surface area contributed by atoms with E-state index in [1.54, 1.807) is 0 Å². The Morgan fingerprint density at radius 3 is 3.00 bits per heavy atom. The van der Waals surface area contributed by atoms with Crippen molar-refractivity contribution in [1.29, 1.82) is 0 Å². The second-order valence-electron chi connectivity index (χ2n) is 1.04. The standard InChI is InChI=1S/C3H4NO4P/c5-3(6)1-2-4-8-9-7/h2H,1H2,(H,5,6). The van der Waals surface area contributed by atoms with E-state index in [2.05, 4.69) is 9.78 Å². The van der Waals surface area contributed by atoms with Gasteiger partial charge in [-0.1, -0.05) is 5.16 Å². The van der Waals surface area contributed by atoms with Gasteiger partial charge in [-0.25, -0.2) is 4.57 Å². The van der Waals surface area contributed by atoms with Gasteiger partial charge in [0.2, 0.25) is 0 Å². The average Bonchev–Trinajstić information content (AvgIpc) is 1.80. The number of hydrogen-bond donors (Lipinski definition) is 1. The van der Waals surface area contributed by atoms with E-state index in [4.69, 9.17) is 5.11 Å². The number of carbonyl (C=O) groups is 1. The Morgan fingerprint density at radius 1 is 1.89 bits per heavy atom. The molecule has 0 aliphatic heterocycles. The summed E-state index contributed by atoms with van der Waals surface area (Å²) in [5, 5.41) is 11.0. The quantitative estimate of drug-likeness (QED) is 0.362. The minimum atomic E-state index is -1.01. The van der Waals surface area contributed by atoms with Gasteiger partial charge in [-0.05, 0) is 0 Å². The van der Waals surface area contributed by atoms with E-state index in [-0.39, 0.29) is 6.42 Å². The molecule has 0 saturated carbocycles. The number of hydrogen-bond acceptors (Lipinski definition) is 4. The first kappa shape index (κ1) is 8.04. The van der Waals surface area contributed by atoms with Gasteiger partial charge in [-0.3, -0.25) is 9.42 Å². The molecule has 0 radical (unpaired) electrons. The van der Waals surface area contributed by atoms with Crippen LogP contribution in [0.2, 0.25) is 0 Å². The summed E-state index contributed by atoms with van der Waals surface area (Å²) < 4.78 is 13.4. The lowest BCUT2D eigenvalue weighted by molar-refractivity contribution is -0.135. The van der Waals surface area contributed by atoms with Gasteiger partial charge in [0.15, 0.2) is 0 Å². The summed E-state index contributed by atoms with van der Waals surface area (Å²) >= 11 is 0. The van der Waals surface area contributed by atoms with Crippen LogP contribution in [0, 0.1) is 0 Å². The van der Waals surface area contributed by atoms with Crippen LogP contribution in [0.1, 0.15) is 6.42 Å². The molecule has 0 amide bonds. The molecular weight excluding hydrogens is 145 g/mol. The number of carboxylic acid groups (broad SMARTS) is 1. The molecule has 0 atom stereocenters. The van der Waals surface area contributed by atoms with Crippen molar-refractivity contribution in [2.45, 2.75) is 6.42 Å². The van der Waals surface area contributed by atoms with Gasteiger partial charge in [-0.2, -0.15) is 0 Å². The van der Waals surface area contributed by atoms with Gasteiger partial charge >= 0.3 is 14.7 Å². The second kappa shape index (κ2) is 5.18. The Labute approximate surface area is 52.6 Å². The Hall–Kier alpha value is -0.960. The molecule has 0 bridgehead atoms. The summed E-state index contributed by atoms with van der Waals surface area (Å²) in [7, 11) is -0.584. The van der Waals surface area contributed by atoms with Gasteiger partial charge in [0, 0.05) is 0 Å². The van der Waals surface area contributed by atoms with Crippen molar-refractivity contribution in [3.05, 3.63) is 0 Å². The number of aliphatic carboxylic acids is 1. The van der Waals surface area contributed by atoms with Crippen LogP contribution >= 0.6 is 8.69 Å². The summed E-state index contributed by atoms with van der Waals surface area (Å²) in [6.07, 6.45) is 0.781. The Kier molecular flexibility index (Phi) is 4.63. The molecule has 0 aromatic carbocycles. The molecule has 0 aliphatic carbocycles. The third kappa shape index (κ3) is 7.04. The zero-order chi connectivity index (χ0) is 7.11. The topological polar surface area (TPSA) is 76.0 Å². The van der Waals surface area contributed by atoms with Crippen molar-refractivity contribution >= 4 is 20.9 Å². The maximum absolute atomic E-state index is 9.74. The highest BCUT2D eigenvalue weighted by Gasteiger charge is 1.88. The Balaban J connectivity index is 3.24. The van der Waals surface area contributed by atoms with E-state index in [9.17, 15) is 9.36 Å². The van der Waals surface area contributed by atoms with E-state index in [1.165, 1.54) is 0 Å². The number of nitrogens with zero attached hydrogens (tertiary/aromatic N) is 1. The normalized spacial score (nSPS) is 10.2. The minimum absolute atomic E-state index is 0.227. The van der Waals surface area contributed by atoms with Crippen molar-refractivity contribution < 1.29 is 19.1 Å². The lowest BCUT2D eigenvalue weighted by atomic mass is 10.5. The summed E-state index contributed by atoms with van der Waals surface area (Å²) in [4.78, 5) is 9.74. The molecule has 50 valence electrons. The molecule has 0 fully saturated rings. The third-order valence-electron chi connectivity index (χ3n) is 0.421. The molecule has 0 unspecified atom stereocenters. The SMILES string of the molecule is O=PON=CCC(=O)O. The van der Waals surface area contributed by atoms with Crippen molar-refractivity contribution in [2.75, 3.05) is 0 Å². The molecule has 0 saturated heterocycles. The van der Waals surface area contributed by atoms with Gasteiger partial charge in [-0.15, -0.1) is 0 Å². The maximum Gasteiger partial charge on any atom is 0.419 e. The number of carboxylic acids is 1. The zero-order valence-electron chi connectivity index (χ0n) is 4.35. The van der Waals surface area contributed by atoms with Crippen molar-refractivity contribution in [1.82, 2.24) is 0 Å². The summed E-state index contributed by atoms with van der Waals surface area (Å²) in [6.45, 7) is 0. The first-order valence-corrected chi connectivity index (χ1v) is 2.73. The number of rotatable bonds is 4. The van der Waals surface area contributed by atoms with Crippen molar-refractivity contribution in [3.63, 3.8) is 0 Å². The van der Waals surface area contributed by atoms with Gasteiger partial charge in [0.1, 0.15) is 0 Å². The van der Waals surface area contributed by atoms with Crippen LogP contribution in [0.5, 0.6) is 0 Å². The highest BCUT2D eigenvalue weighted by Crippen LogP contribution is 1.92. The van der Waals surface area contributed by atoms with Crippen LogP contribution in [0.15, 0.2) is 5.16 Å². The van der Waals surface area contributed by atoms with Crippen LogP contribution < -0.4 is 0 Å². The summed E-state index contributed by atoms with van der Waals surface area (Å²) in [5.41, 5.74) is 0. The fourth-order valence-electron chi connectivity index (χ4n) is 0.168. The van der Waals surface area contributed by atoms with E-state index >= 15 is 0 Å². The van der Waals surface area contributed by atoms with Gasteiger partial charge in [0.05, 0.1) is 12.6 Å². The monoisotopic (exact) mass is 149 g/mol. The molecule has 9 heavy (non-hydrogen) atoms. The zero-order valence-corrected chi connectivity index (χ0v) is 5.25. The third-order valence-corrected chi connectivity index (χ3v) is 0.582. The fraction of sp³-hybridized carbons (Fsp3) is 0.333.